The maximum absolute atomic E-state index is 10.1. The molecule has 1 atom stereocenters. The lowest BCUT2D eigenvalue weighted by Gasteiger charge is -2.20. The zero-order valence-electron chi connectivity index (χ0n) is 12.5. The Hall–Kier alpha value is -2.90. The highest BCUT2D eigenvalue weighted by molar-refractivity contribution is 5.58. The number of phenols is 1. The Morgan fingerprint density at radius 3 is 2.57 bits per heavy atom. The number of nitrogens with one attached hydrogen (secondary N) is 1. The predicted octanol–water partition coefficient (Wildman–Crippen LogP) is 2.63. The van der Waals surface area contributed by atoms with Crippen LogP contribution in [0.1, 0.15) is 6.92 Å². The maximum Gasteiger partial charge on any atom is 0.168 e. The molecule has 0 bridgehead atoms. The molecule has 0 radical (unpaired) electrons. The zero-order chi connectivity index (χ0) is 16.4. The third kappa shape index (κ3) is 3.01. The minimum absolute atomic E-state index is 0.0626. The van der Waals surface area contributed by atoms with Crippen LogP contribution in [-0.4, -0.2) is 16.4 Å². The Kier molecular flexibility index (Phi) is 3.96. The van der Waals surface area contributed by atoms with Gasteiger partial charge in [-0.05, 0) is 31.2 Å². The molecule has 0 aliphatic carbocycles. The number of hydrazine groups is 1. The van der Waals surface area contributed by atoms with E-state index < -0.39 is 6.23 Å². The van der Waals surface area contributed by atoms with Gasteiger partial charge in [0.25, 0.3) is 0 Å². The summed E-state index contributed by atoms with van der Waals surface area (Å²) in [7, 11) is 0. The van der Waals surface area contributed by atoms with Crippen LogP contribution in [0.2, 0.25) is 0 Å². The summed E-state index contributed by atoms with van der Waals surface area (Å²) < 4.78 is 0. The number of anilines is 2. The Labute approximate surface area is 133 Å². The molecule has 2 aromatic rings. The van der Waals surface area contributed by atoms with Gasteiger partial charge in [-0.15, -0.1) is 10.2 Å². The number of nitrogens with two attached hydrogens (primary N) is 1. The van der Waals surface area contributed by atoms with Gasteiger partial charge in [0.2, 0.25) is 0 Å². The minimum Gasteiger partial charge on any atom is -0.506 e. The smallest absolute Gasteiger partial charge is 0.168 e. The number of aromatic hydroxyl groups is 1. The van der Waals surface area contributed by atoms with E-state index in [1.165, 1.54) is 6.07 Å². The normalized spacial score (nSPS) is 18.2. The van der Waals surface area contributed by atoms with Gasteiger partial charge in [0.05, 0.1) is 11.4 Å². The number of para-hydroxylation sites is 1. The van der Waals surface area contributed by atoms with E-state index in [0.29, 0.717) is 11.4 Å². The number of nitrogen functional groups attached to an aromatic ring is 1. The maximum atomic E-state index is 10.1. The molecule has 7 nitrogen and oxygen atoms in total. The van der Waals surface area contributed by atoms with Gasteiger partial charge in [-0.25, -0.2) is 0 Å². The Morgan fingerprint density at radius 2 is 1.87 bits per heavy atom. The number of azo groups is 1. The fourth-order valence-electron chi connectivity index (χ4n) is 2.30. The van der Waals surface area contributed by atoms with Crippen molar-refractivity contribution in [3.8, 4) is 5.75 Å². The third-order valence-electron chi connectivity index (χ3n) is 3.50. The first-order chi connectivity index (χ1) is 11.1. The van der Waals surface area contributed by atoms with Crippen molar-refractivity contribution in [1.29, 1.82) is 0 Å². The van der Waals surface area contributed by atoms with E-state index in [1.54, 1.807) is 17.1 Å². The van der Waals surface area contributed by atoms with Crippen LogP contribution in [0.4, 0.5) is 17.1 Å². The number of aliphatic hydroxyl groups excluding tert-OH is 1. The summed E-state index contributed by atoms with van der Waals surface area (Å²) in [6.45, 7) is 1.83. The second kappa shape index (κ2) is 6.07. The number of hydrogen-bond donors (Lipinski definition) is 4. The van der Waals surface area contributed by atoms with Gasteiger partial charge in [-0.3, -0.25) is 5.01 Å². The highest BCUT2D eigenvalue weighted by Gasteiger charge is 2.28. The van der Waals surface area contributed by atoms with Crippen LogP contribution < -0.4 is 16.2 Å². The summed E-state index contributed by atoms with van der Waals surface area (Å²) in [5, 5.41) is 29.7. The summed E-state index contributed by atoms with van der Waals surface area (Å²) in [6.07, 6.45) is -0.977. The van der Waals surface area contributed by atoms with Gasteiger partial charge in [0, 0.05) is 11.8 Å². The highest BCUT2D eigenvalue weighted by Crippen LogP contribution is 2.31. The SMILES string of the molecule is CC1=C(N=Nc2ccc(N)cc2O)C(O)NN1c1ccccc1. The summed E-state index contributed by atoms with van der Waals surface area (Å²) >= 11 is 0. The van der Waals surface area contributed by atoms with Crippen molar-refractivity contribution in [2.75, 3.05) is 10.7 Å². The van der Waals surface area contributed by atoms with Gasteiger partial charge < -0.3 is 15.9 Å². The summed E-state index contributed by atoms with van der Waals surface area (Å²) in [6, 6.07) is 14.1. The lowest BCUT2D eigenvalue weighted by molar-refractivity contribution is 0.182. The summed E-state index contributed by atoms with van der Waals surface area (Å²) in [4.78, 5) is 0. The largest absolute Gasteiger partial charge is 0.506 e. The Morgan fingerprint density at radius 1 is 1.13 bits per heavy atom. The van der Waals surface area contributed by atoms with Crippen LogP contribution >= 0.6 is 0 Å². The van der Waals surface area contributed by atoms with Crippen LogP contribution in [0.5, 0.6) is 5.75 Å². The number of phenolic OH excluding ortho intramolecular Hbond substituents is 1. The first-order valence-electron chi connectivity index (χ1n) is 7.06. The monoisotopic (exact) mass is 311 g/mol. The van der Waals surface area contributed by atoms with Crippen molar-refractivity contribution in [2.24, 2.45) is 10.2 Å². The molecule has 0 aromatic heterocycles. The Bertz CT molecular complexity index is 773. The number of allylic oxidation sites excluding steroid dienone is 1. The fourth-order valence-corrected chi connectivity index (χ4v) is 2.30. The van der Waals surface area contributed by atoms with Crippen molar-refractivity contribution < 1.29 is 10.2 Å². The fraction of sp³-hybridized carbons (Fsp3) is 0.125. The molecule has 3 rings (SSSR count). The standard InChI is InChI=1S/C16H17N5O2/c1-10-15(19-18-13-8-7-11(17)9-14(13)22)16(23)20-21(10)12-5-3-2-4-6-12/h2-9,16,20,22-23H,17H2,1H3. The van der Waals surface area contributed by atoms with Crippen LogP contribution in [0.3, 0.4) is 0 Å². The van der Waals surface area contributed by atoms with E-state index in [4.69, 9.17) is 5.73 Å². The minimum atomic E-state index is -0.977. The molecule has 118 valence electrons. The molecule has 0 spiro atoms. The molecular weight excluding hydrogens is 294 g/mol. The molecule has 0 amide bonds. The van der Waals surface area contributed by atoms with E-state index in [1.807, 2.05) is 37.3 Å². The van der Waals surface area contributed by atoms with Gasteiger partial charge in [0.15, 0.2) is 6.23 Å². The second-order valence-electron chi connectivity index (χ2n) is 5.12. The van der Waals surface area contributed by atoms with Gasteiger partial charge in [-0.2, -0.15) is 5.43 Å². The quantitative estimate of drug-likeness (QED) is 0.515. The average molecular weight is 311 g/mol. The Balaban J connectivity index is 1.89. The zero-order valence-corrected chi connectivity index (χ0v) is 12.5. The molecule has 0 saturated carbocycles. The molecule has 23 heavy (non-hydrogen) atoms. The van der Waals surface area contributed by atoms with E-state index in [0.717, 1.165) is 11.4 Å². The first kappa shape index (κ1) is 15.0. The lowest BCUT2D eigenvalue weighted by atomic mass is 10.2. The van der Waals surface area contributed by atoms with Crippen molar-refractivity contribution >= 4 is 17.1 Å². The van der Waals surface area contributed by atoms with Crippen molar-refractivity contribution in [1.82, 2.24) is 5.43 Å². The number of nitrogens with zero attached hydrogens (tertiary/aromatic N) is 3. The van der Waals surface area contributed by atoms with Crippen molar-refractivity contribution in [3.63, 3.8) is 0 Å². The number of benzene rings is 2. The molecule has 5 N–H and O–H groups in total. The molecule has 1 aliphatic heterocycles. The number of rotatable bonds is 3. The van der Waals surface area contributed by atoms with E-state index in [2.05, 4.69) is 15.7 Å². The predicted molar refractivity (Wildman–Crippen MR) is 87.8 cm³/mol. The third-order valence-corrected chi connectivity index (χ3v) is 3.50. The molecule has 0 fully saturated rings. The first-order valence-corrected chi connectivity index (χ1v) is 7.06. The molecular formula is C16H17N5O2. The summed E-state index contributed by atoms with van der Waals surface area (Å²) in [5.41, 5.74) is 11.2. The number of hydrogen-bond acceptors (Lipinski definition) is 7. The van der Waals surface area contributed by atoms with Crippen LogP contribution in [0, 0.1) is 0 Å². The van der Waals surface area contributed by atoms with Crippen molar-refractivity contribution in [2.45, 2.75) is 13.2 Å². The molecule has 1 heterocycles. The average Bonchev–Trinajstić information content (AvgIpc) is 2.82. The van der Waals surface area contributed by atoms with Crippen LogP contribution in [-0.2, 0) is 0 Å². The van der Waals surface area contributed by atoms with Gasteiger partial charge in [-0.1, -0.05) is 18.2 Å². The van der Waals surface area contributed by atoms with Crippen LogP contribution in [0.25, 0.3) is 0 Å². The molecule has 1 aliphatic rings. The van der Waals surface area contributed by atoms with Crippen LogP contribution in [0.15, 0.2) is 70.2 Å². The van der Waals surface area contributed by atoms with E-state index in [-0.39, 0.29) is 11.4 Å². The van der Waals surface area contributed by atoms with E-state index >= 15 is 0 Å². The molecule has 1 unspecified atom stereocenters. The molecule has 2 aromatic carbocycles. The summed E-state index contributed by atoms with van der Waals surface area (Å²) in [5.74, 6) is -0.0626. The molecule has 7 heteroatoms. The lowest BCUT2D eigenvalue weighted by Crippen LogP contribution is -2.37. The van der Waals surface area contributed by atoms with Gasteiger partial charge >= 0.3 is 0 Å². The number of aliphatic hydroxyl groups is 1. The van der Waals surface area contributed by atoms with E-state index in [9.17, 15) is 10.2 Å². The highest BCUT2D eigenvalue weighted by atomic mass is 16.3. The van der Waals surface area contributed by atoms with Crippen molar-refractivity contribution in [3.05, 3.63) is 59.9 Å². The topological polar surface area (TPSA) is 106 Å². The van der Waals surface area contributed by atoms with Gasteiger partial charge in [0.1, 0.15) is 17.1 Å². The second-order valence-corrected chi connectivity index (χ2v) is 5.12. The molecule has 0 saturated heterocycles.